The van der Waals surface area contributed by atoms with E-state index in [4.69, 9.17) is 0 Å². The van der Waals surface area contributed by atoms with Crippen LogP contribution in [0.4, 0.5) is 0 Å². The highest BCUT2D eigenvalue weighted by molar-refractivity contribution is 7.98. The van der Waals surface area contributed by atoms with E-state index >= 15 is 0 Å². The number of carbonyl (C=O) groups is 1. The second-order valence-electron chi connectivity index (χ2n) is 3.14. The van der Waals surface area contributed by atoms with Crippen molar-refractivity contribution in [3.8, 4) is 0 Å². The predicted octanol–water partition coefficient (Wildman–Crippen LogP) is 2.12. The Kier molecular flexibility index (Phi) is 4.17. The van der Waals surface area contributed by atoms with Gasteiger partial charge in [0, 0.05) is 10.5 Å². The molecule has 0 fully saturated rings. The van der Waals surface area contributed by atoms with Crippen molar-refractivity contribution in [1.29, 1.82) is 0 Å². The van der Waals surface area contributed by atoms with Crippen LogP contribution in [0.5, 0.6) is 0 Å². The molecule has 0 amide bonds. The molecule has 0 aliphatic rings. The molecule has 0 bridgehead atoms. The lowest BCUT2D eigenvalue weighted by molar-refractivity contribution is 0.0993. The van der Waals surface area contributed by atoms with Crippen LogP contribution in [-0.4, -0.2) is 25.6 Å². The Morgan fingerprint density at radius 3 is 2.79 bits per heavy atom. The second kappa shape index (κ2) is 5.17. The summed E-state index contributed by atoms with van der Waals surface area (Å²) in [6, 6.07) is 5.84. The monoisotopic (exact) mass is 209 g/mol. The predicted molar refractivity (Wildman–Crippen MR) is 61.2 cm³/mol. The van der Waals surface area contributed by atoms with Gasteiger partial charge in [0.1, 0.15) is 0 Å². The van der Waals surface area contributed by atoms with E-state index in [0.717, 1.165) is 5.56 Å². The van der Waals surface area contributed by atoms with Gasteiger partial charge in [0.05, 0.1) is 6.54 Å². The molecule has 1 rings (SSSR count). The normalized spacial score (nSPS) is 10.2. The van der Waals surface area contributed by atoms with E-state index in [2.05, 4.69) is 12.2 Å². The highest BCUT2D eigenvalue weighted by Gasteiger charge is 2.06. The molecule has 2 nitrogen and oxygen atoms in total. The van der Waals surface area contributed by atoms with Crippen molar-refractivity contribution < 1.29 is 4.79 Å². The molecular weight excluding hydrogens is 194 g/mol. The van der Waals surface area contributed by atoms with Crippen LogP contribution in [0.25, 0.3) is 0 Å². The first-order valence-electron chi connectivity index (χ1n) is 4.51. The molecule has 76 valence electrons. The maximum Gasteiger partial charge on any atom is 0.176 e. The highest BCUT2D eigenvalue weighted by atomic mass is 32.2. The lowest BCUT2D eigenvalue weighted by Crippen LogP contribution is -2.18. The molecule has 0 atom stereocenters. The number of ketones is 1. The Balaban J connectivity index is 2.94. The fourth-order valence-corrected chi connectivity index (χ4v) is 1.89. The number of nitrogens with one attached hydrogen (secondary N) is 1. The maximum atomic E-state index is 11.6. The van der Waals surface area contributed by atoms with E-state index in [0.29, 0.717) is 6.54 Å². The molecule has 3 heteroatoms. The molecule has 0 aliphatic carbocycles. The van der Waals surface area contributed by atoms with Gasteiger partial charge in [-0.05, 0) is 31.9 Å². The molecule has 0 unspecified atom stereocenters. The lowest BCUT2D eigenvalue weighted by Gasteiger charge is -2.05. The first kappa shape index (κ1) is 11.3. The molecule has 0 saturated heterocycles. The number of hydrogen-bond acceptors (Lipinski definition) is 3. The minimum Gasteiger partial charge on any atom is -0.313 e. The smallest absolute Gasteiger partial charge is 0.176 e. The molecule has 14 heavy (non-hydrogen) atoms. The molecule has 0 aliphatic heterocycles. The largest absolute Gasteiger partial charge is 0.313 e. The maximum absolute atomic E-state index is 11.6. The van der Waals surface area contributed by atoms with Crippen LogP contribution < -0.4 is 5.32 Å². The number of carbonyl (C=O) groups excluding carboxylic acids is 1. The number of benzene rings is 1. The van der Waals surface area contributed by atoms with E-state index in [1.807, 2.05) is 24.5 Å². The van der Waals surface area contributed by atoms with E-state index < -0.39 is 0 Å². The van der Waals surface area contributed by atoms with Gasteiger partial charge in [0.15, 0.2) is 5.78 Å². The summed E-state index contributed by atoms with van der Waals surface area (Å²) < 4.78 is 0. The van der Waals surface area contributed by atoms with Crippen molar-refractivity contribution in [1.82, 2.24) is 5.32 Å². The van der Waals surface area contributed by atoms with Gasteiger partial charge in [-0.2, -0.15) is 0 Å². The molecule has 0 aromatic heterocycles. The van der Waals surface area contributed by atoms with Crippen LogP contribution in [0, 0.1) is 6.92 Å². The van der Waals surface area contributed by atoms with Gasteiger partial charge < -0.3 is 5.32 Å². The van der Waals surface area contributed by atoms with E-state index in [1.165, 1.54) is 10.5 Å². The fourth-order valence-electron chi connectivity index (χ4n) is 1.26. The van der Waals surface area contributed by atoms with Crippen molar-refractivity contribution in [3.05, 3.63) is 29.3 Å². The van der Waals surface area contributed by atoms with Crippen molar-refractivity contribution in [2.75, 3.05) is 19.8 Å². The molecule has 0 saturated carbocycles. The van der Waals surface area contributed by atoms with E-state index in [-0.39, 0.29) is 5.78 Å². The Hall–Kier alpha value is -0.800. The highest BCUT2D eigenvalue weighted by Crippen LogP contribution is 2.21. The summed E-state index contributed by atoms with van der Waals surface area (Å²) in [5.41, 5.74) is 2.01. The number of Topliss-reactive ketones (excluding diaryl/α,β-unsaturated/α-hetero) is 1. The van der Waals surface area contributed by atoms with E-state index in [1.54, 1.807) is 18.8 Å². The van der Waals surface area contributed by atoms with Crippen molar-refractivity contribution in [2.24, 2.45) is 0 Å². The first-order valence-corrected chi connectivity index (χ1v) is 5.74. The number of rotatable bonds is 4. The molecular formula is C11H15NOS. The van der Waals surface area contributed by atoms with Crippen molar-refractivity contribution in [2.45, 2.75) is 11.8 Å². The molecule has 0 spiro atoms. The molecule has 1 aromatic carbocycles. The Morgan fingerprint density at radius 1 is 1.50 bits per heavy atom. The van der Waals surface area contributed by atoms with Crippen LogP contribution in [0.3, 0.4) is 0 Å². The van der Waals surface area contributed by atoms with Crippen LogP contribution in [-0.2, 0) is 0 Å². The van der Waals surface area contributed by atoms with Gasteiger partial charge in [-0.15, -0.1) is 11.8 Å². The van der Waals surface area contributed by atoms with Crippen LogP contribution in [0.15, 0.2) is 23.1 Å². The van der Waals surface area contributed by atoms with Gasteiger partial charge >= 0.3 is 0 Å². The molecule has 0 radical (unpaired) electrons. The first-order chi connectivity index (χ1) is 6.69. The number of thioether (sulfide) groups is 1. The average molecular weight is 209 g/mol. The van der Waals surface area contributed by atoms with Gasteiger partial charge in [-0.25, -0.2) is 0 Å². The van der Waals surface area contributed by atoms with Gasteiger partial charge in [-0.3, -0.25) is 4.79 Å². The topological polar surface area (TPSA) is 29.1 Å². The summed E-state index contributed by atoms with van der Waals surface area (Å²) in [6.45, 7) is 2.45. The Bertz CT molecular complexity index is 336. The van der Waals surface area contributed by atoms with Crippen molar-refractivity contribution in [3.63, 3.8) is 0 Å². The van der Waals surface area contributed by atoms with Gasteiger partial charge in [-0.1, -0.05) is 12.1 Å². The third kappa shape index (κ3) is 2.59. The zero-order valence-electron chi connectivity index (χ0n) is 8.76. The lowest BCUT2D eigenvalue weighted by atomic mass is 10.1. The standard InChI is InChI=1S/C11H15NOS/c1-8-4-5-9(6-11(8)14-3)10(13)7-12-2/h4-6,12H,7H2,1-3H3. The Morgan fingerprint density at radius 2 is 2.21 bits per heavy atom. The molecule has 1 N–H and O–H groups in total. The van der Waals surface area contributed by atoms with E-state index in [9.17, 15) is 4.79 Å². The summed E-state index contributed by atoms with van der Waals surface area (Å²) in [6.07, 6.45) is 2.02. The summed E-state index contributed by atoms with van der Waals surface area (Å²) in [7, 11) is 1.78. The molecule has 1 aromatic rings. The third-order valence-electron chi connectivity index (χ3n) is 2.07. The summed E-state index contributed by atoms with van der Waals surface area (Å²) >= 11 is 1.67. The summed E-state index contributed by atoms with van der Waals surface area (Å²) in [5.74, 6) is 0.141. The summed E-state index contributed by atoms with van der Waals surface area (Å²) in [5, 5.41) is 2.86. The minimum atomic E-state index is 0.141. The number of likely N-dealkylation sites (N-methyl/N-ethyl adjacent to an activating group) is 1. The van der Waals surface area contributed by atoms with Crippen LogP contribution in [0.1, 0.15) is 15.9 Å². The zero-order chi connectivity index (χ0) is 10.6. The van der Waals surface area contributed by atoms with Crippen LogP contribution >= 0.6 is 11.8 Å². The van der Waals surface area contributed by atoms with Crippen molar-refractivity contribution >= 4 is 17.5 Å². The summed E-state index contributed by atoms with van der Waals surface area (Å²) in [4.78, 5) is 12.7. The number of aryl methyl sites for hydroxylation is 1. The van der Waals surface area contributed by atoms with Crippen LogP contribution in [0.2, 0.25) is 0 Å². The Labute approximate surface area is 89.1 Å². The SMILES string of the molecule is CNCC(=O)c1ccc(C)c(SC)c1. The minimum absolute atomic E-state index is 0.141. The quantitative estimate of drug-likeness (QED) is 0.608. The fraction of sp³-hybridized carbons (Fsp3) is 0.364. The number of hydrogen-bond donors (Lipinski definition) is 1. The molecule has 0 heterocycles. The second-order valence-corrected chi connectivity index (χ2v) is 3.99. The zero-order valence-corrected chi connectivity index (χ0v) is 9.57. The van der Waals surface area contributed by atoms with Gasteiger partial charge in [0.25, 0.3) is 0 Å². The average Bonchev–Trinajstić information content (AvgIpc) is 2.19. The van der Waals surface area contributed by atoms with Gasteiger partial charge in [0.2, 0.25) is 0 Å². The third-order valence-corrected chi connectivity index (χ3v) is 2.95.